The number of amides is 1. The van der Waals surface area contributed by atoms with Crippen molar-refractivity contribution in [1.82, 2.24) is 20.5 Å². The smallest absolute Gasteiger partial charge is 0.220 e. The Hall–Kier alpha value is -1.90. The van der Waals surface area contributed by atoms with Gasteiger partial charge in [0.2, 0.25) is 5.91 Å². The molecule has 1 aromatic heterocycles. The zero-order chi connectivity index (χ0) is 18.7. The van der Waals surface area contributed by atoms with E-state index >= 15 is 0 Å². The van der Waals surface area contributed by atoms with Gasteiger partial charge in [0.25, 0.3) is 0 Å². The average molecular weight is 493 g/mol. The molecule has 2 fully saturated rings. The molecule has 1 unspecified atom stereocenters. The van der Waals surface area contributed by atoms with Crippen LogP contribution in [-0.4, -0.2) is 55.0 Å². The molecule has 2 N–H and O–H groups in total. The van der Waals surface area contributed by atoms with Gasteiger partial charge in [-0.2, -0.15) is 0 Å². The fraction of sp³-hybridized carbons (Fsp3) is 0.476. The first-order chi connectivity index (χ1) is 13.2. The first-order valence-electron chi connectivity index (χ1n) is 9.74. The molecule has 28 heavy (non-hydrogen) atoms. The van der Waals surface area contributed by atoms with Gasteiger partial charge in [0.1, 0.15) is 0 Å². The van der Waals surface area contributed by atoms with E-state index in [1.54, 1.807) is 0 Å². The Kier molecular flexibility index (Phi) is 6.74. The Morgan fingerprint density at radius 3 is 2.96 bits per heavy atom. The second-order valence-corrected chi connectivity index (χ2v) is 7.70. The molecule has 2 aliphatic heterocycles. The Morgan fingerprint density at radius 1 is 1.32 bits per heavy atom. The molecule has 0 aliphatic carbocycles. The lowest BCUT2D eigenvalue weighted by atomic mass is 9.79. The van der Waals surface area contributed by atoms with E-state index in [9.17, 15) is 4.79 Å². The van der Waals surface area contributed by atoms with Gasteiger partial charge in [0.05, 0.1) is 5.52 Å². The Balaban J connectivity index is 0.00000225. The van der Waals surface area contributed by atoms with Crippen LogP contribution in [0.15, 0.2) is 41.4 Å². The van der Waals surface area contributed by atoms with Crippen molar-refractivity contribution in [2.24, 2.45) is 10.4 Å². The minimum atomic E-state index is 0. The van der Waals surface area contributed by atoms with Crippen LogP contribution < -0.4 is 10.6 Å². The topological polar surface area (TPSA) is 69.6 Å². The number of aliphatic imine (C=N–C) groups is 1. The fourth-order valence-electron chi connectivity index (χ4n) is 4.31. The third-order valence-electron chi connectivity index (χ3n) is 5.69. The van der Waals surface area contributed by atoms with Crippen LogP contribution in [-0.2, 0) is 11.2 Å². The molecule has 3 heterocycles. The number of nitrogens with one attached hydrogen (secondary N) is 2. The van der Waals surface area contributed by atoms with Crippen molar-refractivity contribution in [3.8, 4) is 0 Å². The molecular weight excluding hydrogens is 465 g/mol. The van der Waals surface area contributed by atoms with E-state index in [0.29, 0.717) is 6.42 Å². The summed E-state index contributed by atoms with van der Waals surface area (Å²) >= 11 is 0. The number of hydrogen-bond donors (Lipinski definition) is 2. The number of aromatic nitrogens is 1. The van der Waals surface area contributed by atoms with Gasteiger partial charge in [0, 0.05) is 62.6 Å². The number of hydrogen-bond acceptors (Lipinski definition) is 3. The van der Waals surface area contributed by atoms with Crippen molar-refractivity contribution in [3.05, 3.63) is 42.1 Å². The number of halogens is 1. The Bertz CT molecular complexity index is 871. The van der Waals surface area contributed by atoms with E-state index < -0.39 is 0 Å². The summed E-state index contributed by atoms with van der Waals surface area (Å²) in [5, 5.41) is 7.66. The highest BCUT2D eigenvalue weighted by atomic mass is 127. The number of rotatable bonds is 3. The van der Waals surface area contributed by atoms with Crippen molar-refractivity contribution >= 4 is 46.7 Å². The number of guanidine groups is 1. The highest BCUT2D eigenvalue weighted by molar-refractivity contribution is 14.0. The van der Waals surface area contributed by atoms with Gasteiger partial charge in [0.15, 0.2) is 5.96 Å². The number of fused-ring (bicyclic) bond motifs is 1. The second-order valence-electron chi connectivity index (χ2n) is 7.70. The molecule has 2 aromatic rings. The molecule has 2 saturated heterocycles. The molecule has 0 radical (unpaired) electrons. The molecule has 2 aliphatic rings. The molecule has 0 saturated carbocycles. The van der Waals surface area contributed by atoms with E-state index in [2.05, 4.69) is 44.8 Å². The molecule has 1 atom stereocenters. The van der Waals surface area contributed by atoms with Crippen molar-refractivity contribution in [2.45, 2.75) is 25.7 Å². The third-order valence-corrected chi connectivity index (χ3v) is 5.69. The first kappa shape index (κ1) is 20.8. The second kappa shape index (κ2) is 9.07. The van der Waals surface area contributed by atoms with Crippen molar-refractivity contribution in [2.75, 3.05) is 33.2 Å². The summed E-state index contributed by atoms with van der Waals surface area (Å²) in [4.78, 5) is 23.2. The number of benzene rings is 1. The fourth-order valence-corrected chi connectivity index (χ4v) is 4.31. The van der Waals surface area contributed by atoms with Crippen LogP contribution in [0.4, 0.5) is 0 Å². The molecule has 1 amide bonds. The SMILES string of the molecule is CN=C(NCCc1ccc2ccccc2n1)N1CCCC2(CNC(=O)C2)C1.I. The van der Waals surface area contributed by atoms with E-state index in [4.69, 9.17) is 4.98 Å². The molecule has 6 nitrogen and oxygen atoms in total. The number of likely N-dealkylation sites (tertiary alicyclic amines) is 1. The van der Waals surface area contributed by atoms with Crippen molar-refractivity contribution in [3.63, 3.8) is 0 Å². The predicted molar refractivity (Wildman–Crippen MR) is 123 cm³/mol. The van der Waals surface area contributed by atoms with Crippen molar-refractivity contribution in [1.29, 1.82) is 0 Å². The number of pyridine rings is 1. The number of piperidine rings is 1. The van der Waals surface area contributed by atoms with Crippen LogP contribution in [0.25, 0.3) is 10.9 Å². The monoisotopic (exact) mass is 493 g/mol. The number of carbonyl (C=O) groups is 1. The molecule has 0 bridgehead atoms. The number of nitrogens with zero attached hydrogens (tertiary/aromatic N) is 3. The largest absolute Gasteiger partial charge is 0.356 e. The average Bonchev–Trinajstić information content (AvgIpc) is 3.04. The molecule has 1 aromatic carbocycles. The van der Waals surface area contributed by atoms with Crippen LogP contribution in [0.1, 0.15) is 25.0 Å². The highest BCUT2D eigenvalue weighted by Gasteiger charge is 2.42. The van der Waals surface area contributed by atoms with E-state index in [0.717, 1.165) is 62.6 Å². The summed E-state index contributed by atoms with van der Waals surface area (Å²) in [6.07, 6.45) is 3.70. The normalized spacial score (nSPS) is 22.2. The van der Waals surface area contributed by atoms with Gasteiger partial charge in [-0.3, -0.25) is 14.8 Å². The summed E-state index contributed by atoms with van der Waals surface area (Å²) in [5.74, 6) is 1.11. The quantitative estimate of drug-likeness (QED) is 0.392. The molecule has 1 spiro atoms. The maximum absolute atomic E-state index is 11.7. The standard InChI is InChI=1S/C21H27N5O.HI/c1-22-20(26-12-4-10-21(15-26)13-19(27)24-14-21)23-11-9-17-8-7-16-5-2-3-6-18(16)25-17;/h2-3,5-8H,4,9-15H2,1H3,(H,22,23)(H,24,27);1H. The third kappa shape index (κ3) is 4.56. The maximum atomic E-state index is 11.7. The van der Waals surface area contributed by atoms with Gasteiger partial charge in [-0.05, 0) is 25.0 Å². The minimum absolute atomic E-state index is 0. The van der Waals surface area contributed by atoms with E-state index in [-0.39, 0.29) is 35.3 Å². The molecule has 7 heteroatoms. The summed E-state index contributed by atoms with van der Waals surface area (Å²) in [7, 11) is 1.83. The van der Waals surface area contributed by atoms with Crippen LogP contribution >= 0.6 is 24.0 Å². The lowest BCUT2D eigenvalue weighted by Crippen LogP contribution is -2.51. The van der Waals surface area contributed by atoms with Gasteiger partial charge in [-0.15, -0.1) is 24.0 Å². The van der Waals surface area contributed by atoms with Gasteiger partial charge in [-0.25, -0.2) is 0 Å². The predicted octanol–water partition coefficient (Wildman–Crippen LogP) is 2.57. The van der Waals surface area contributed by atoms with Gasteiger partial charge in [-0.1, -0.05) is 24.3 Å². The lowest BCUT2D eigenvalue weighted by molar-refractivity contribution is -0.119. The van der Waals surface area contributed by atoms with Crippen LogP contribution in [0.3, 0.4) is 0 Å². The lowest BCUT2D eigenvalue weighted by Gasteiger charge is -2.40. The zero-order valence-corrected chi connectivity index (χ0v) is 18.6. The van der Waals surface area contributed by atoms with Crippen molar-refractivity contribution < 1.29 is 4.79 Å². The zero-order valence-electron chi connectivity index (χ0n) is 16.3. The Morgan fingerprint density at radius 2 is 2.18 bits per heavy atom. The molecule has 4 rings (SSSR count). The van der Waals surface area contributed by atoms with Crippen LogP contribution in [0, 0.1) is 5.41 Å². The highest BCUT2D eigenvalue weighted by Crippen LogP contribution is 2.35. The number of carbonyl (C=O) groups excluding carboxylic acids is 1. The van der Waals surface area contributed by atoms with Gasteiger partial charge < -0.3 is 15.5 Å². The molecular formula is C21H28IN5O. The maximum Gasteiger partial charge on any atom is 0.220 e. The van der Waals surface area contributed by atoms with Gasteiger partial charge >= 0.3 is 0 Å². The summed E-state index contributed by atoms with van der Waals surface area (Å²) < 4.78 is 0. The van der Waals surface area contributed by atoms with Crippen LogP contribution in [0.5, 0.6) is 0 Å². The summed E-state index contributed by atoms with van der Waals surface area (Å²) in [5.41, 5.74) is 2.19. The Labute approximate surface area is 183 Å². The minimum Gasteiger partial charge on any atom is -0.356 e. The number of para-hydroxylation sites is 1. The van der Waals surface area contributed by atoms with E-state index in [1.165, 1.54) is 5.39 Å². The molecule has 150 valence electrons. The first-order valence-corrected chi connectivity index (χ1v) is 9.74. The summed E-state index contributed by atoms with van der Waals surface area (Å²) in [6.45, 7) is 3.46. The summed E-state index contributed by atoms with van der Waals surface area (Å²) in [6, 6.07) is 12.4. The van der Waals surface area contributed by atoms with Crippen LogP contribution in [0.2, 0.25) is 0 Å². The van der Waals surface area contributed by atoms with E-state index in [1.807, 2.05) is 19.2 Å².